The van der Waals surface area contributed by atoms with Crippen LogP contribution in [0.4, 0.5) is 0 Å². The second kappa shape index (κ2) is 7.11. The second-order valence-electron chi connectivity index (χ2n) is 5.28. The molecule has 1 aromatic rings. The second-order valence-corrected chi connectivity index (χ2v) is 5.28. The van der Waals surface area contributed by atoms with Crippen LogP contribution in [0.2, 0.25) is 0 Å². The number of phenolic OH excluding ortho intramolecular Hbond substituents is 1. The molecule has 1 amide bonds. The van der Waals surface area contributed by atoms with Crippen LogP contribution in [0.5, 0.6) is 5.75 Å². The highest BCUT2D eigenvalue weighted by atomic mass is 16.3. The predicted molar refractivity (Wildman–Crippen MR) is 81.6 cm³/mol. The number of amides is 1. The number of aromatic hydroxyl groups is 1. The summed E-state index contributed by atoms with van der Waals surface area (Å²) in [4.78, 5) is 16.3. The average molecular weight is 287 g/mol. The molecule has 0 unspecified atom stereocenters. The van der Waals surface area contributed by atoms with Crippen LogP contribution in [0.3, 0.4) is 0 Å². The van der Waals surface area contributed by atoms with Gasteiger partial charge in [-0.15, -0.1) is 6.42 Å². The lowest BCUT2D eigenvalue weighted by Gasteiger charge is -2.35. The Hall–Kier alpha value is -2.03. The summed E-state index contributed by atoms with van der Waals surface area (Å²) in [7, 11) is 0. The first-order valence-corrected chi connectivity index (χ1v) is 7.08. The van der Waals surface area contributed by atoms with Gasteiger partial charge in [-0.1, -0.05) is 18.1 Å². The molecule has 2 rings (SSSR count). The lowest BCUT2D eigenvalue weighted by atomic mass is 10.1. The van der Waals surface area contributed by atoms with Crippen LogP contribution in [-0.4, -0.2) is 59.6 Å². The van der Waals surface area contributed by atoms with Gasteiger partial charge in [0.05, 0.1) is 12.6 Å². The maximum absolute atomic E-state index is 12.3. The average Bonchev–Trinajstić information content (AvgIpc) is 2.50. The van der Waals surface area contributed by atoms with Crippen LogP contribution in [0, 0.1) is 12.3 Å². The van der Waals surface area contributed by atoms with Crippen molar-refractivity contribution in [1.29, 1.82) is 0 Å². The van der Waals surface area contributed by atoms with Crippen LogP contribution in [0.1, 0.15) is 5.56 Å². The molecule has 0 saturated carbocycles. The third-order valence-corrected chi connectivity index (χ3v) is 3.71. The number of rotatable bonds is 4. The van der Waals surface area contributed by atoms with Crippen LogP contribution in [0.25, 0.3) is 0 Å². The number of carbonyl (C=O) groups excluding carboxylic acids is 1. The highest BCUT2D eigenvalue weighted by molar-refractivity contribution is 5.82. The van der Waals surface area contributed by atoms with Crippen molar-refractivity contribution < 1.29 is 9.90 Å². The minimum Gasteiger partial charge on any atom is -0.508 e. The largest absolute Gasteiger partial charge is 0.508 e. The Kier molecular flexibility index (Phi) is 5.20. The molecular formula is C16H21N3O2. The number of nitrogens with two attached hydrogens (primary N) is 1. The molecule has 21 heavy (non-hydrogen) atoms. The van der Waals surface area contributed by atoms with E-state index >= 15 is 0 Å². The number of hydrogen-bond donors (Lipinski definition) is 2. The van der Waals surface area contributed by atoms with E-state index in [9.17, 15) is 9.90 Å². The molecule has 0 spiro atoms. The highest BCUT2D eigenvalue weighted by Gasteiger charge is 2.24. The molecule has 1 saturated heterocycles. The lowest BCUT2D eigenvalue weighted by Crippen LogP contribution is -2.53. The third-order valence-electron chi connectivity index (χ3n) is 3.71. The van der Waals surface area contributed by atoms with E-state index in [0.717, 1.165) is 18.7 Å². The molecule has 1 atom stereocenters. The maximum Gasteiger partial charge on any atom is 0.239 e. The fourth-order valence-corrected chi connectivity index (χ4v) is 2.46. The van der Waals surface area contributed by atoms with Gasteiger partial charge in [0.2, 0.25) is 5.91 Å². The van der Waals surface area contributed by atoms with Crippen LogP contribution >= 0.6 is 0 Å². The molecule has 1 aromatic carbocycles. The fraction of sp³-hybridized carbons (Fsp3) is 0.438. The third kappa shape index (κ3) is 4.22. The molecule has 5 heteroatoms. The Morgan fingerprint density at radius 3 is 2.48 bits per heavy atom. The number of hydrogen-bond acceptors (Lipinski definition) is 4. The predicted octanol–water partition coefficient (Wildman–Crippen LogP) is 0.0394. The molecule has 0 aromatic heterocycles. The van der Waals surface area contributed by atoms with Crippen molar-refractivity contribution in [3.05, 3.63) is 29.8 Å². The molecule has 112 valence electrons. The first kappa shape index (κ1) is 15.4. The van der Waals surface area contributed by atoms with E-state index in [1.807, 2.05) is 0 Å². The Morgan fingerprint density at radius 2 is 1.90 bits per heavy atom. The molecule has 1 aliphatic heterocycles. The van der Waals surface area contributed by atoms with E-state index < -0.39 is 6.04 Å². The van der Waals surface area contributed by atoms with Gasteiger partial charge >= 0.3 is 0 Å². The Morgan fingerprint density at radius 1 is 1.29 bits per heavy atom. The molecule has 3 N–H and O–H groups in total. The monoisotopic (exact) mass is 287 g/mol. The quantitative estimate of drug-likeness (QED) is 0.767. The molecular weight excluding hydrogens is 266 g/mol. The first-order chi connectivity index (χ1) is 10.1. The van der Waals surface area contributed by atoms with Gasteiger partial charge < -0.3 is 15.7 Å². The van der Waals surface area contributed by atoms with Gasteiger partial charge in [-0.05, 0) is 24.1 Å². The number of nitrogens with zero attached hydrogens (tertiary/aromatic N) is 2. The molecule has 5 nitrogen and oxygen atoms in total. The molecule has 0 bridgehead atoms. The Balaban J connectivity index is 1.85. The lowest BCUT2D eigenvalue weighted by molar-refractivity contribution is -0.134. The van der Waals surface area contributed by atoms with Crippen molar-refractivity contribution in [2.45, 2.75) is 12.5 Å². The van der Waals surface area contributed by atoms with Crippen LogP contribution < -0.4 is 5.73 Å². The van der Waals surface area contributed by atoms with Gasteiger partial charge in [0, 0.05) is 26.2 Å². The summed E-state index contributed by atoms with van der Waals surface area (Å²) in [6.45, 7) is 3.55. The number of carbonyl (C=O) groups is 1. The van der Waals surface area contributed by atoms with Crippen molar-refractivity contribution in [1.82, 2.24) is 9.80 Å². The smallest absolute Gasteiger partial charge is 0.239 e. The summed E-state index contributed by atoms with van der Waals surface area (Å²) in [6, 6.07) is 6.23. The van der Waals surface area contributed by atoms with Crippen LogP contribution in [0.15, 0.2) is 24.3 Å². The van der Waals surface area contributed by atoms with E-state index in [1.54, 1.807) is 29.2 Å². The van der Waals surface area contributed by atoms with E-state index in [0.29, 0.717) is 26.1 Å². The summed E-state index contributed by atoms with van der Waals surface area (Å²) < 4.78 is 0. The van der Waals surface area contributed by atoms with Crippen molar-refractivity contribution in [3.63, 3.8) is 0 Å². The number of phenols is 1. The Bertz CT molecular complexity index is 513. The minimum atomic E-state index is -0.547. The van der Waals surface area contributed by atoms with Crippen molar-refractivity contribution in [2.75, 3.05) is 32.7 Å². The van der Waals surface area contributed by atoms with E-state index in [2.05, 4.69) is 10.8 Å². The SMILES string of the molecule is C#CCN1CCN(C(=O)[C@H](N)Cc2ccc(O)cc2)CC1. The zero-order valence-corrected chi connectivity index (χ0v) is 12.0. The molecule has 0 radical (unpaired) electrons. The number of piperazine rings is 1. The summed E-state index contributed by atoms with van der Waals surface area (Å²) in [5.41, 5.74) is 6.96. The number of benzene rings is 1. The number of terminal acetylenes is 1. The standard InChI is InChI=1S/C16H21N3O2/c1-2-7-18-8-10-19(11-9-18)16(21)15(17)12-13-3-5-14(20)6-4-13/h1,3-6,15,20H,7-12,17H2/t15-/m1/s1. The summed E-state index contributed by atoms with van der Waals surface area (Å²) in [5.74, 6) is 2.81. The van der Waals surface area contributed by atoms with Gasteiger partial charge in [0.1, 0.15) is 5.75 Å². The first-order valence-electron chi connectivity index (χ1n) is 7.08. The summed E-state index contributed by atoms with van der Waals surface area (Å²) in [5, 5.41) is 9.25. The molecule has 1 heterocycles. The summed E-state index contributed by atoms with van der Waals surface area (Å²) >= 11 is 0. The maximum atomic E-state index is 12.3. The van der Waals surface area contributed by atoms with Crippen molar-refractivity contribution >= 4 is 5.91 Å². The van der Waals surface area contributed by atoms with Crippen molar-refractivity contribution in [3.8, 4) is 18.1 Å². The zero-order chi connectivity index (χ0) is 15.2. The molecule has 1 aliphatic rings. The topological polar surface area (TPSA) is 69.8 Å². The van der Waals surface area contributed by atoms with Gasteiger partial charge in [-0.3, -0.25) is 9.69 Å². The van der Waals surface area contributed by atoms with Gasteiger partial charge in [-0.2, -0.15) is 0 Å². The highest BCUT2D eigenvalue weighted by Crippen LogP contribution is 2.12. The zero-order valence-electron chi connectivity index (χ0n) is 12.0. The Labute approximate surface area is 125 Å². The normalized spacial score (nSPS) is 17.2. The van der Waals surface area contributed by atoms with Gasteiger partial charge in [-0.25, -0.2) is 0 Å². The molecule has 1 fully saturated rings. The molecule has 0 aliphatic carbocycles. The van der Waals surface area contributed by atoms with Gasteiger partial charge in [0.15, 0.2) is 0 Å². The van der Waals surface area contributed by atoms with E-state index in [4.69, 9.17) is 12.2 Å². The van der Waals surface area contributed by atoms with Crippen LogP contribution in [-0.2, 0) is 11.2 Å². The van der Waals surface area contributed by atoms with E-state index in [1.165, 1.54) is 0 Å². The van der Waals surface area contributed by atoms with Gasteiger partial charge in [0.25, 0.3) is 0 Å². The van der Waals surface area contributed by atoms with E-state index in [-0.39, 0.29) is 11.7 Å². The van der Waals surface area contributed by atoms with Crippen molar-refractivity contribution in [2.24, 2.45) is 5.73 Å². The minimum absolute atomic E-state index is 0.0246. The fourth-order valence-electron chi connectivity index (χ4n) is 2.46. The summed E-state index contributed by atoms with van der Waals surface area (Å²) in [6.07, 6.45) is 5.76.